The topological polar surface area (TPSA) is 46.5 Å². The van der Waals surface area contributed by atoms with Gasteiger partial charge in [-0.15, -0.1) is 0 Å². The Labute approximate surface area is 87.3 Å². The SMILES string of the molecule is COc1cc(CCC=O)c(Cl)cc1O. The summed E-state index contributed by atoms with van der Waals surface area (Å²) in [6.45, 7) is 0. The molecule has 0 spiro atoms. The fourth-order valence-electron chi connectivity index (χ4n) is 1.15. The van der Waals surface area contributed by atoms with Gasteiger partial charge in [0.2, 0.25) is 0 Å². The predicted octanol–water partition coefficient (Wildman–Crippen LogP) is 2.19. The Bertz CT molecular complexity index is 336. The van der Waals surface area contributed by atoms with Crippen LogP contribution in [0, 0.1) is 0 Å². The van der Waals surface area contributed by atoms with Crippen LogP contribution >= 0.6 is 11.6 Å². The van der Waals surface area contributed by atoms with Crippen LogP contribution < -0.4 is 4.74 Å². The molecule has 1 aromatic rings. The van der Waals surface area contributed by atoms with Crippen molar-refractivity contribution in [3.05, 3.63) is 22.7 Å². The molecule has 4 heteroatoms. The van der Waals surface area contributed by atoms with Gasteiger partial charge < -0.3 is 14.6 Å². The number of hydrogen-bond acceptors (Lipinski definition) is 3. The van der Waals surface area contributed by atoms with E-state index in [0.29, 0.717) is 23.6 Å². The molecule has 1 N–H and O–H groups in total. The van der Waals surface area contributed by atoms with E-state index in [9.17, 15) is 9.90 Å². The molecule has 76 valence electrons. The van der Waals surface area contributed by atoms with Crippen molar-refractivity contribution in [1.82, 2.24) is 0 Å². The van der Waals surface area contributed by atoms with Gasteiger partial charge in [0.05, 0.1) is 7.11 Å². The minimum atomic E-state index is 0.00681. The second kappa shape index (κ2) is 4.86. The van der Waals surface area contributed by atoms with Gasteiger partial charge in [-0.2, -0.15) is 0 Å². The number of methoxy groups -OCH3 is 1. The lowest BCUT2D eigenvalue weighted by Crippen LogP contribution is -1.91. The van der Waals surface area contributed by atoms with Crippen molar-refractivity contribution in [2.24, 2.45) is 0 Å². The number of phenolic OH excluding ortho intramolecular Hbond substituents is 1. The molecule has 3 nitrogen and oxygen atoms in total. The first-order valence-corrected chi connectivity index (χ1v) is 4.56. The molecule has 0 aliphatic heterocycles. The zero-order valence-corrected chi connectivity index (χ0v) is 8.54. The van der Waals surface area contributed by atoms with Crippen molar-refractivity contribution in [2.75, 3.05) is 7.11 Å². The van der Waals surface area contributed by atoms with Crippen molar-refractivity contribution >= 4 is 17.9 Å². The second-order valence-corrected chi connectivity index (χ2v) is 3.23. The summed E-state index contributed by atoms with van der Waals surface area (Å²) in [5.41, 5.74) is 0.799. The third kappa shape index (κ3) is 2.39. The average molecular weight is 215 g/mol. The third-order valence-corrected chi connectivity index (χ3v) is 2.23. The number of benzene rings is 1. The van der Waals surface area contributed by atoms with E-state index in [-0.39, 0.29) is 5.75 Å². The van der Waals surface area contributed by atoms with Crippen LogP contribution in [0.15, 0.2) is 12.1 Å². The van der Waals surface area contributed by atoms with Gasteiger partial charge in [-0.05, 0) is 18.1 Å². The first-order valence-electron chi connectivity index (χ1n) is 4.18. The van der Waals surface area contributed by atoms with Gasteiger partial charge in [-0.1, -0.05) is 11.6 Å². The minimum absolute atomic E-state index is 0.00681. The Hall–Kier alpha value is -1.22. The van der Waals surface area contributed by atoms with Crippen LogP contribution in [0.3, 0.4) is 0 Å². The highest BCUT2D eigenvalue weighted by Gasteiger charge is 2.07. The maximum Gasteiger partial charge on any atom is 0.160 e. The molecule has 0 saturated carbocycles. The molecule has 0 aliphatic rings. The number of carbonyl (C=O) groups is 1. The van der Waals surface area contributed by atoms with Crippen molar-refractivity contribution < 1.29 is 14.6 Å². The van der Waals surface area contributed by atoms with Crippen molar-refractivity contribution in [3.8, 4) is 11.5 Å². The maximum absolute atomic E-state index is 10.2. The number of halogens is 1. The Kier molecular flexibility index (Phi) is 3.77. The molecule has 0 radical (unpaired) electrons. The largest absolute Gasteiger partial charge is 0.504 e. The van der Waals surface area contributed by atoms with Gasteiger partial charge in [-0.3, -0.25) is 0 Å². The van der Waals surface area contributed by atoms with Gasteiger partial charge in [0.25, 0.3) is 0 Å². The van der Waals surface area contributed by atoms with Gasteiger partial charge >= 0.3 is 0 Å². The molecular weight excluding hydrogens is 204 g/mol. The number of aryl methyl sites for hydroxylation is 1. The molecule has 0 unspecified atom stereocenters. The Morgan fingerprint density at radius 3 is 2.86 bits per heavy atom. The van der Waals surface area contributed by atoms with Crippen LogP contribution in [0.1, 0.15) is 12.0 Å². The quantitative estimate of drug-likeness (QED) is 0.782. The molecule has 0 bridgehead atoms. The van der Waals surface area contributed by atoms with Crippen LogP contribution in [-0.4, -0.2) is 18.5 Å². The molecule has 0 fully saturated rings. The average Bonchev–Trinajstić information content (AvgIpc) is 2.17. The number of ether oxygens (including phenoxy) is 1. The van der Waals surface area contributed by atoms with Gasteiger partial charge in [0.15, 0.2) is 11.5 Å². The fraction of sp³-hybridized carbons (Fsp3) is 0.300. The summed E-state index contributed by atoms with van der Waals surface area (Å²) in [5, 5.41) is 9.81. The Balaban J connectivity index is 2.98. The highest BCUT2D eigenvalue weighted by atomic mass is 35.5. The lowest BCUT2D eigenvalue weighted by atomic mass is 10.1. The van der Waals surface area contributed by atoms with Crippen molar-refractivity contribution in [2.45, 2.75) is 12.8 Å². The number of phenols is 1. The summed E-state index contributed by atoms with van der Waals surface area (Å²) in [5.74, 6) is 0.377. The van der Waals surface area contributed by atoms with E-state index in [1.165, 1.54) is 13.2 Å². The van der Waals surface area contributed by atoms with Crippen LogP contribution in [0.25, 0.3) is 0 Å². The molecular formula is C10H11ClO3. The number of aldehydes is 1. The van der Waals surface area contributed by atoms with E-state index in [0.717, 1.165) is 11.8 Å². The molecule has 0 aliphatic carbocycles. The standard InChI is InChI=1S/C10H11ClO3/c1-14-10-5-7(3-2-4-12)8(11)6-9(10)13/h4-6,13H,2-3H2,1H3. The third-order valence-electron chi connectivity index (χ3n) is 1.88. The number of carbonyl (C=O) groups excluding carboxylic acids is 1. The zero-order valence-electron chi connectivity index (χ0n) is 7.79. The molecule has 0 amide bonds. The predicted molar refractivity (Wildman–Crippen MR) is 54.1 cm³/mol. The monoisotopic (exact) mass is 214 g/mol. The van der Waals surface area contributed by atoms with Crippen molar-refractivity contribution in [1.29, 1.82) is 0 Å². The van der Waals surface area contributed by atoms with Gasteiger partial charge in [0, 0.05) is 17.5 Å². The number of rotatable bonds is 4. The molecule has 0 saturated heterocycles. The molecule has 0 atom stereocenters. The van der Waals surface area contributed by atoms with E-state index < -0.39 is 0 Å². The van der Waals surface area contributed by atoms with Crippen LogP contribution in [0.5, 0.6) is 11.5 Å². The molecule has 0 heterocycles. The summed E-state index contributed by atoms with van der Waals surface area (Å²) in [4.78, 5) is 10.2. The highest BCUT2D eigenvalue weighted by molar-refractivity contribution is 6.31. The minimum Gasteiger partial charge on any atom is -0.504 e. The normalized spacial score (nSPS) is 9.86. The fourth-order valence-corrected chi connectivity index (χ4v) is 1.41. The van der Waals surface area contributed by atoms with Crippen LogP contribution in [-0.2, 0) is 11.2 Å². The van der Waals surface area contributed by atoms with Gasteiger partial charge in [0.1, 0.15) is 6.29 Å². The zero-order chi connectivity index (χ0) is 10.6. The number of aromatic hydroxyl groups is 1. The van der Waals surface area contributed by atoms with E-state index in [1.807, 2.05) is 0 Å². The summed E-state index contributed by atoms with van der Waals surface area (Å²) >= 11 is 5.86. The summed E-state index contributed by atoms with van der Waals surface area (Å²) in [6, 6.07) is 3.06. The summed E-state index contributed by atoms with van der Waals surface area (Å²) in [6.07, 6.45) is 1.79. The Morgan fingerprint density at radius 1 is 1.57 bits per heavy atom. The molecule has 1 aromatic carbocycles. The van der Waals surface area contributed by atoms with E-state index >= 15 is 0 Å². The van der Waals surface area contributed by atoms with E-state index in [2.05, 4.69) is 0 Å². The molecule has 0 aromatic heterocycles. The van der Waals surface area contributed by atoms with Crippen LogP contribution in [0.2, 0.25) is 5.02 Å². The molecule has 1 rings (SSSR count). The second-order valence-electron chi connectivity index (χ2n) is 2.82. The van der Waals surface area contributed by atoms with Gasteiger partial charge in [-0.25, -0.2) is 0 Å². The lowest BCUT2D eigenvalue weighted by molar-refractivity contribution is -0.107. The summed E-state index contributed by atoms with van der Waals surface area (Å²) < 4.78 is 4.92. The smallest absolute Gasteiger partial charge is 0.160 e. The van der Waals surface area contributed by atoms with Crippen molar-refractivity contribution in [3.63, 3.8) is 0 Å². The molecule has 14 heavy (non-hydrogen) atoms. The highest BCUT2D eigenvalue weighted by Crippen LogP contribution is 2.32. The lowest BCUT2D eigenvalue weighted by Gasteiger charge is -2.07. The first-order chi connectivity index (χ1) is 6.69. The van der Waals surface area contributed by atoms with Crippen LogP contribution in [0.4, 0.5) is 0 Å². The van der Waals surface area contributed by atoms with E-state index in [1.54, 1.807) is 6.07 Å². The first kappa shape index (κ1) is 10.9. The Morgan fingerprint density at radius 2 is 2.29 bits per heavy atom. The summed E-state index contributed by atoms with van der Waals surface area (Å²) in [7, 11) is 1.46. The van der Waals surface area contributed by atoms with E-state index in [4.69, 9.17) is 16.3 Å². The maximum atomic E-state index is 10.2. The number of hydrogen-bond donors (Lipinski definition) is 1.